The zero-order valence-electron chi connectivity index (χ0n) is 10.4. The van der Waals surface area contributed by atoms with E-state index in [2.05, 4.69) is 21.7 Å². The van der Waals surface area contributed by atoms with Crippen LogP contribution in [0.1, 0.15) is 17.7 Å². The van der Waals surface area contributed by atoms with E-state index in [9.17, 15) is 0 Å². The minimum absolute atomic E-state index is 0.903. The smallest absolute Gasteiger partial charge is 0.0794 e. The average molecular weight is 261 g/mol. The van der Waals surface area contributed by atoms with Crippen LogP contribution in [0, 0.1) is 0 Å². The monoisotopic (exact) mass is 261 g/mol. The summed E-state index contributed by atoms with van der Waals surface area (Å²) in [6.07, 6.45) is 3.17. The molecular weight excluding hydrogens is 242 g/mol. The molecule has 0 saturated carbocycles. The number of benzene rings is 1. The Hall–Kier alpha value is -1.39. The van der Waals surface area contributed by atoms with Crippen LogP contribution in [0.5, 0.6) is 0 Å². The molecule has 0 amide bonds. The van der Waals surface area contributed by atoms with Crippen molar-refractivity contribution in [2.24, 2.45) is 0 Å². The van der Waals surface area contributed by atoms with Gasteiger partial charge in [-0.15, -0.1) is 11.3 Å². The van der Waals surface area contributed by atoms with Gasteiger partial charge in [0.25, 0.3) is 0 Å². The highest BCUT2D eigenvalue weighted by atomic mass is 32.1. The van der Waals surface area contributed by atoms with E-state index in [0.717, 1.165) is 38.0 Å². The van der Waals surface area contributed by atoms with E-state index in [1.54, 1.807) is 11.3 Å². The fourth-order valence-electron chi connectivity index (χ4n) is 1.87. The lowest BCUT2D eigenvalue weighted by Gasteiger charge is -2.06. The van der Waals surface area contributed by atoms with Crippen molar-refractivity contribution in [3.63, 3.8) is 0 Å². The molecule has 1 aromatic heterocycles. The molecule has 0 aliphatic rings. The van der Waals surface area contributed by atoms with Gasteiger partial charge in [-0.2, -0.15) is 0 Å². The first-order chi connectivity index (χ1) is 8.86. The molecule has 0 unspecified atom stereocenters. The van der Waals surface area contributed by atoms with Crippen LogP contribution in [0.25, 0.3) is 0 Å². The van der Waals surface area contributed by atoms with Crippen molar-refractivity contribution < 1.29 is 0 Å². The molecule has 0 atom stereocenters. The number of aromatic nitrogens is 1. The van der Waals surface area contributed by atoms with Crippen LogP contribution in [0.15, 0.2) is 35.2 Å². The molecule has 0 aliphatic heterocycles. The molecule has 0 bridgehead atoms. The number of nitrogens with one attached hydrogen (secondary N) is 1. The fraction of sp³-hybridized carbons (Fsp3) is 0.357. The first-order valence-electron chi connectivity index (χ1n) is 6.27. The van der Waals surface area contributed by atoms with Gasteiger partial charge in [0.1, 0.15) is 0 Å². The molecule has 2 aromatic rings. The Bertz CT molecular complexity index is 454. The lowest BCUT2D eigenvalue weighted by atomic mass is 10.1. The zero-order valence-corrected chi connectivity index (χ0v) is 11.2. The molecule has 0 saturated heterocycles. The third-order valence-corrected chi connectivity index (χ3v) is 3.53. The summed E-state index contributed by atoms with van der Waals surface area (Å²) in [6, 6.07) is 8.09. The Morgan fingerprint density at radius 1 is 1.17 bits per heavy atom. The Morgan fingerprint density at radius 2 is 2.06 bits per heavy atom. The first kappa shape index (κ1) is 13.1. The number of rotatable bonds is 7. The predicted octanol–water partition coefficient (Wildman–Crippen LogP) is 2.49. The summed E-state index contributed by atoms with van der Waals surface area (Å²) in [5.41, 5.74) is 11.1. The van der Waals surface area contributed by atoms with Crippen molar-refractivity contribution in [1.29, 1.82) is 0 Å². The van der Waals surface area contributed by atoms with Crippen molar-refractivity contribution in [2.45, 2.75) is 19.3 Å². The number of aryl methyl sites for hydroxylation is 1. The van der Waals surface area contributed by atoms with Crippen molar-refractivity contribution in [3.8, 4) is 0 Å². The molecule has 3 N–H and O–H groups in total. The van der Waals surface area contributed by atoms with Gasteiger partial charge in [0, 0.05) is 24.0 Å². The predicted molar refractivity (Wildman–Crippen MR) is 77.9 cm³/mol. The summed E-state index contributed by atoms with van der Waals surface area (Å²) in [5.74, 6) is 0. The summed E-state index contributed by atoms with van der Waals surface area (Å²) in [6.45, 7) is 2.02. The number of nitrogens with two attached hydrogens (primary N) is 1. The van der Waals surface area contributed by atoms with Crippen LogP contribution in [0.2, 0.25) is 0 Å². The SMILES string of the molecule is Nc1ccccc1CCCNCCc1cscn1. The van der Waals surface area contributed by atoms with E-state index >= 15 is 0 Å². The highest BCUT2D eigenvalue weighted by Crippen LogP contribution is 2.12. The molecule has 0 aliphatic carbocycles. The topological polar surface area (TPSA) is 50.9 Å². The highest BCUT2D eigenvalue weighted by molar-refractivity contribution is 7.07. The van der Waals surface area contributed by atoms with Crippen molar-refractivity contribution in [3.05, 3.63) is 46.4 Å². The largest absolute Gasteiger partial charge is 0.399 e. The quantitative estimate of drug-likeness (QED) is 0.595. The second kappa shape index (κ2) is 7.13. The molecule has 3 nitrogen and oxygen atoms in total. The maximum Gasteiger partial charge on any atom is 0.0794 e. The third kappa shape index (κ3) is 4.13. The second-order valence-corrected chi connectivity index (χ2v) is 5.00. The van der Waals surface area contributed by atoms with Crippen LogP contribution in [0.3, 0.4) is 0 Å². The lowest BCUT2D eigenvalue weighted by molar-refractivity contribution is 0.644. The first-order valence-corrected chi connectivity index (χ1v) is 7.21. The number of hydrogen-bond donors (Lipinski definition) is 2. The van der Waals surface area contributed by atoms with Gasteiger partial charge < -0.3 is 11.1 Å². The van der Waals surface area contributed by atoms with E-state index in [4.69, 9.17) is 5.73 Å². The minimum atomic E-state index is 0.903. The number of nitrogens with zero attached hydrogens (tertiary/aromatic N) is 1. The number of anilines is 1. The Kier molecular flexibility index (Phi) is 5.17. The van der Waals surface area contributed by atoms with Gasteiger partial charge in [-0.3, -0.25) is 0 Å². The number of nitrogen functional groups attached to an aromatic ring is 1. The summed E-state index contributed by atoms with van der Waals surface area (Å²) >= 11 is 1.65. The Morgan fingerprint density at radius 3 is 2.83 bits per heavy atom. The van der Waals surface area contributed by atoms with Gasteiger partial charge in [-0.05, 0) is 31.0 Å². The third-order valence-electron chi connectivity index (χ3n) is 2.90. The molecule has 1 heterocycles. The van der Waals surface area contributed by atoms with Crippen molar-refractivity contribution >= 4 is 17.0 Å². The molecule has 0 spiro atoms. The molecule has 0 fully saturated rings. The van der Waals surface area contributed by atoms with Gasteiger partial charge in [0.05, 0.1) is 11.2 Å². The molecule has 18 heavy (non-hydrogen) atoms. The lowest BCUT2D eigenvalue weighted by Crippen LogP contribution is -2.19. The summed E-state index contributed by atoms with van der Waals surface area (Å²) in [4.78, 5) is 4.26. The number of para-hydroxylation sites is 1. The van der Waals surface area contributed by atoms with Crippen LogP contribution >= 0.6 is 11.3 Å². The van der Waals surface area contributed by atoms with Crippen LogP contribution in [-0.4, -0.2) is 18.1 Å². The summed E-state index contributed by atoms with van der Waals surface area (Å²) in [5, 5.41) is 5.54. The second-order valence-electron chi connectivity index (χ2n) is 4.28. The Balaban J connectivity index is 1.58. The van der Waals surface area contributed by atoms with Gasteiger partial charge in [0.15, 0.2) is 0 Å². The minimum Gasteiger partial charge on any atom is -0.399 e. The molecule has 0 radical (unpaired) electrons. The van der Waals surface area contributed by atoms with Gasteiger partial charge in [0.2, 0.25) is 0 Å². The van der Waals surface area contributed by atoms with Gasteiger partial charge in [-0.1, -0.05) is 18.2 Å². The maximum atomic E-state index is 5.90. The maximum absolute atomic E-state index is 5.90. The number of hydrogen-bond acceptors (Lipinski definition) is 4. The standard InChI is InChI=1S/C14H19N3S/c15-14-6-2-1-4-12(14)5-3-8-16-9-7-13-10-18-11-17-13/h1-2,4,6,10-11,16H,3,5,7-9,15H2. The molecule has 4 heteroatoms. The average Bonchev–Trinajstić information content (AvgIpc) is 2.89. The van der Waals surface area contributed by atoms with Crippen LogP contribution < -0.4 is 11.1 Å². The van der Waals surface area contributed by atoms with Gasteiger partial charge in [-0.25, -0.2) is 4.98 Å². The molecule has 2 rings (SSSR count). The van der Waals surface area contributed by atoms with Crippen molar-refractivity contribution in [2.75, 3.05) is 18.8 Å². The van der Waals surface area contributed by atoms with Gasteiger partial charge >= 0.3 is 0 Å². The fourth-order valence-corrected chi connectivity index (χ4v) is 2.46. The van der Waals surface area contributed by atoms with E-state index in [1.165, 1.54) is 11.3 Å². The molecule has 1 aromatic carbocycles. The zero-order chi connectivity index (χ0) is 12.6. The van der Waals surface area contributed by atoms with Crippen molar-refractivity contribution in [1.82, 2.24) is 10.3 Å². The van der Waals surface area contributed by atoms with E-state index in [-0.39, 0.29) is 0 Å². The normalized spacial score (nSPS) is 10.7. The Labute approximate surface area is 112 Å². The molecular formula is C14H19N3S. The summed E-state index contributed by atoms with van der Waals surface area (Å²) < 4.78 is 0. The van der Waals surface area contributed by atoms with Crippen LogP contribution in [-0.2, 0) is 12.8 Å². The van der Waals surface area contributed by atoms with E-state index < -0.39 is 0 Å². The van der Waals surface area contributed by atoms with E-state index in [0.29, 0.717) is 0 Å². The van der Waals surface area contributed by atoms with E-state index in [1.807, 2.05) is 23.7 Å². The number of thiazole rings is 1. The summed E-state index contributed by atoms with van der Waals surface area (Å²) in [7, 11) is 0. The highest BCUT2D eigenvalue weighted by Gasteiger charge is 1.98. The molecule has 96 valence electrons. The van der Waals surface area contributed by atoms with Crippen LogP contribution in [0.4, 0.5) is 5.69 Å².